The summed E-state index contributed by atoms with van der Waals surface area (Å²) in [5.41, 5.74) is 2.99. The monoisotopic (exact) mass is 450 g/mol. The van der Waals surface area contributed by atoms with Gasteiger partial charge in [-0.2, -0.15) is 0 Å². The number of rotatable bonds is 7. The SMILES string of the molecule is Cc1ccc(S(=O)(=O)CN(C(=O)CN(C)c2cccc(C)c2)C(=O)c2ccccc2)cc1. The average Bonchev–Trinajstić information content (AvgIpc) is 2.78. The van der Waals surface area contributed by atoms with Gasteiger partial charge in [-0.05, 0) is 55.8 Å². The second kappa shape index (κ2) is 9.78. The molecule has 3 rings (SSSR count). The Bertz CT molecular complexity index is 1210. The molecule has 0 aliphatic heterocycles. The predicted octanol–water partition coefficient (Wildman–Crippen LogP) is 3.84. The summed E-state index contributed by atoms with van der Waals surface area (Å²) in [6, 6.07) is 22.1. The van der Waals surface area contributed by atoms with Crippen molar-refractivity contribution in [1.82, 2.24) is 4.90 Å². The molecule has 0 saturated heterocycles. The van der Waals surface area contributed by atoms with Crippen molar-refractivity contribution in [3.05, 3.63) is 95.6 Å². The number of benzene rings is 3. The minimum Gasteiger partial charge on any atom is -0.365 e. The van der Waals surface area contributed by atoms with Gasteiger partial charge in [0.1, 0.15) is 5.88 Å². The molecule has 3 aromatic rings. The van der Waals surface area contributed by atoms with Crippen molar-refractivity contribution >= 4 is 27.3 Å². The Morgan fingerprint density at radius 1 is 0.812 bits per heavy atom. The lowest BCUT2D eigenvalue weighted by atomic mass is 10.2. The summed E-state index contributed by atoms with van der Waals surface area (Å²) in [7, 11) is -2.19. The van der Waals surface area contributed by atoms with Crippen molar-refractivity contribution in [3.8, 4) is 0 Å². The minimum atomic E-state index is -3.92. The van der Waals surface area contributed by atoms with Crippen LogP contribution in [0.25, 0.3) is 0 Å². The Labute approximate surface area is 189 Å². The molecule has 7 heteroatoms. The summed E-state index contributed by atoms with van der Waals surface area (Å²) in [4.78, 5) is 28.9. The molecule has 0 aromatic heterocycles. The van der Waals surface area contributed by atoms with E-state index in [1.807, 2.05) is 38.1 Å². The summed E-state index contributed by atoms with van der Waals surface area (Å²) in [6.07, 6.45) is 0. The van der Waals surface area contributed by atoms with Crippen LogP contribution in [-0.2, 0) is 14.6 Å². The van der Waals surface area contributed by atoms with Crippen LogP contribution in [0.4, 0.5) is 5.69 Å². The molecule has 0 unspecified atom stereocenters. The molecule has 0 spiro atoms. The van der Waals surface area contributed by atoms with Gasteiger partial charge in [0, 0.05) is 18.3 Å². The highest BCUT2D eigenvalue weighted by molar-refractivity contribution is 7.91. The van der Waals surface area contributed by atoms with Crippen molar-refractivity contribution < 1.29 is 18.0 Å². The molecule has 0 radical (unpaired) electrons. The van der Waals surface area contributed by atoms with Crippen molar-refractivity contribution in [1.29, 1.82) is 0 Å². The second-order valence-corrected chi connectivity index (χ2v) is 9.70. The maximum atomic E-state index is 13.2. The third-order valence-electron chi connectivity index (χ3n) is 5.06. The molecular formula is C25H26N2O4S. The zero-order chi connectivity index (χ0) is 23.3. The fraction of sp³-hybridized carbons (Fsp3) is 0.200. The molecule has 0 atom stereocenters. The van der Waals surface area contributed by atoms with Crippen LogP contribution < -0.4 is 4.90 Å². The number of nitrogens with zero attached hydrogens (tertiary/aromatic N) is 2. The number of amides is 2. The quantitative estimate of drug-likeness (QED) is 0.547. The van der Waals surface area contributed by atoms with Gasteiger partial charge in [-0.25, -0.2) is 8.42 Å². The zero-order valence-corrected chi connectivity index (χ0v) is 19.2. The molecule has 32 heavy (non-hydrogen) atoms. The first-order valence-electron chi connectivity index (χ1n) is 10.1. The lowest BCUT2D eigenvalue weighted by Crippen LogP contribution is -2.45. The van der Waals surface area contributed by atoms with E-state index in [2.05, 4.69) is 0 Å². The maximum absolute atomic E-state index is 13.2. The second-order valence-electron chi connectivity index (χ2n) is 7.74. The smallest absolute Gasteiger partial charge is 0.261 e. The van der Waals surface area contributed by atoms with Crippen molar-refractivity contribution in [2.45, 2.75) is 18.7 Å². The highest BCUT2D eigenvalue weighted by atomic mass is 32.2. The molecule has 0 bridgehead atoms. The van der Waals surface area contributed by atoms with E-state index in [1.165, 1.54) is 12.1 Å². The Morgan fingerprint density at radius 2 is 1.47 bits per heavy atom. The topological polar surface area (TPSA) is 74.8 Å². The molecule has 3 aromatic carbocycles. The van der Waals surface area contributed by atoms with Crippen LogP contribution in [0.2, 0.25) is 0 Å². The highest BCUT2D eigenvalue weighted by Crippen LogP contribution is 2.18. The first-order valence-corrected chi connectivity index (χ1v) is 11.8. The fourth-order valence-electron chi connectivity index (χ4n) is 3.22. The van der Waals surface area contributed by atoms with Gasteiger partial charge in [0.15, 0.2) is 9.84 Å². The minimum absolute atomic E-state index is 0.0637. The zero-order valence-electron chi connectivity index (χ0n) is 18.4. The number of carbonyl (C=O) groups excluding carboxylic acids is 2. The number of hydrogen-bond acceptors (Lipinski definition) is 5. The van der Waals surface area contributed by atoms with E-state index in [1.54, 1.807) is 54.4 Å². The molecule has 0 fully saturated rings. The van der Waals surface area contributed by atoms with Crippen LogP contribution in [0, 0.1) is 13.8 Å². The number of hydrogen-bond donors (Lipinski definition) is 0. The van der Waals surface area contributed by atoms with Gasteiger partial charge >= 0.3 is 0 Å². The van der Waals surface area contributed by atoms with Gasteiger partial charge in [0.2, 0.25) is 5.91 Å². The highest BCUT2D eigenvalue weighted by Gasteiger charge is 2.30. The van der Waals surface area contributed by atoms with E-state index < -0.39 is 27.5 Å². The van der Waals surface area contributed by atoms with E-state index in [0.29, 0.717) is 0 Å². The Balaban J connectivity index is 1.90. The number of anilines is 1. The van der Waals surface area contributed by atoms with Crippen LogP contribution in [0.15, 0.2) is 83.8 Å². The van der Waals surface area contributed by atoms with E-state index in [-0.39, 0.29) is 17.0 Å². The summed E-state index contributed by atoms with van der Waals surface area (Å²) in [6.45, 7) is 3.65. The van der Waals surface area contributed by atoms with E-state index in [0.717, 1.165) is 21.7 Å². The van der Waals surface area contributed by atoms with Crippen molar-refractivity contribution in [3.63, 3.8) is 0 Å². The Hall–Kier alpha value is -3.45. The first-order chi connectivity index (χ1) is 15.2. The van der Waals surface area contributed by atoms with Crippen LogP contribution in [0.1, 0.15) is 21.5 Å². The lowest BCUT2D eigenvalue weighted by Gasteiger charge is -2.25. The average molecular weight is 451 g/mol. The number of imide groups is 1. The fourth-order valence-corrected chi connectivity index (χ4v) is 4.52. The van der Waals surface area contributed by atoms with Crippen LogP contribution in [0.3, 0.4) is 0 Å². The van der Waals surface area contributed by atoms with Crippen molar-refractivity contribution in [2.75, 3.05) is 24.4 Å². The molecule has 0 N–H and O–H groups in total. The molecule has 0 heterocycles. The van der Waals surface area contributed by atoms with Crippen LogP contribution >= 0.6 is 0 Å². The molecule has 166 valence electrons. The predicted molar refractivity (Wildman–Crippen MR) is 125 cm³/mol. The summed E-state index contributed by atoms with van der Waals surface area (Å²) in [5, 5.41) is 0. The first kappa shape index (κ1) is 23.2. The van der Waals surface area contributed by atoms with Gasteiger partial charge in [-0.1, -0.05) is 48.0 Å². The summed E-state index contributed by atoms with van der Waals surface area (Å²) in [5.74, 6) is -1.98. The number of sulfone groups is 1. The normalized spacial score (nSPS) is 11.1. The molecule has 0 aliphatic rings. The summed E-state index contributed by atoms with van der Waals surface area (Å²) >= 11 is 0. The van der Waals surface area contributed by atoms with Crippen LogP contribution in [0.5, 0.6) is 0 Å². The number of likely N-dealkylation sites (N-methyl/N-ethyl adjacent to an activating group) is 1. The molecule has 6 nitrogen and oxygen atoms in total. The van der Waals surface area contributed by atoms with E-state index in [4.69, 9.17) is 0 Å². The Kier molecular flexibility index (Phi) is 7.10. The van der Waals surface area contributed by atoms with Gasteiger partial charge in [-0.15, -0.1) is 0 Å². The largest absolute Gasteiger partial charge is 0.365 e. The summed E-state index contributed by atoms with van der Waals surface area (Å²) < 4.78 is 26.1. The molecule has 2 amide bonds. The third kappa shape index (κ3) is 5.62. The van der Waals surface area contributed by atoms with Crippen molar-refractivity contribution in [2.24, 2.45) is 0 Å². The molecule has 0 aliphatic carbocycles. The number of carbonyl (C=O) groups is 2. The molecular weight excluding hydrogens is 424 g/mol. The van der Waals surface area contributed by atoms with Gasteiger partial charge in [0.25, 0.3) is 5.91 Å². The standard InChI is InChI=1S/C25H26N2O4S/c1-19-12-14-23(15-13-19)32(30,31)18-27(25(29)21-9-5-4-6-10-21)24(28)17-26(3)22-11-7-8-20(2)16-22/h4-16H,17-18H2,1-3H3. The lowest BCUT2D eigenvalue weighted by molar-refractivity contribution is -0.126. The Morgan fingerprint density at radius 3 is 2.09 bits per heavy atom. The maximum Gasteiger partial charge on any atom is 0.261 e. The van der Waals surface area contributed by atoms with E-state index in [9.17, 15) is 18.0 Å². The van der Waals surface area contributed by atoms with Gasteiger partial charge < -0.3 is 4.90 Å². The molecule has 0 saturated carbocycles. The van der Waals surface area contributed by atoms with Gasteiger partial charge in [0.05, 0.1) is 11.4 Å². The van der Waals surface area contributed by atoms with E-state index >= 15 is 0 Å². The third-order valence-corrected chi connectivity index (χ3v) is 6.65. The number of aryl methyl sites for hydroxylation is 2. The van der Waals surface area contributed by atoms with Gasteiger partial charge in [-0.3, -0.25) is 14.5 Å². The van der Waals surface area contributed by atoms with Crippen LogP contribution in [-0.4, -0.2) is 44.6 Å².